The number of hydrogen-bond acceptors (Lipinski definition) is 7. The Balaban J connectivity index is 1.16. The monoisotopic (exact) mass is 649 g/mol. The van der Waals surface area contributed by atoms with E-state index in [2.05, 4.69) is 41.7 Å². The average Bonchev–Trinajstić information content (AvgIpc) is 3.55. The van der Waals surface area contributed by atoms with Gasteiger partial charge in [0.15, 0.2) is 0 Å². The average molecular weight is 650 g/mol. The number of hydrogen-bond donors (Lipinski definition) is 1. The molecule has 4 aromatic rings. The summed E-state index contributed by atoms with van der Waals surface area (Å²) in [6.45, 7) is 12.9. The molecule has 0 bridgehead atoms. The second kappa shape index (κ2) is 12.0. The van der Waals surface area contributed by atoms with E-state index in [1.807, 2.05) is 35.8 Å². The molecule has 1 fully saturated rings. The van der Waals surface area contributed by atoms with E-state index in [1.165, 1.54) is 15.8 Å². The third-order valence-corrected chi connectivity index (χ3v) is 9.94. The summed E-state index contributed by atoms with van der Waals surface area (Å²) in [5.74, 6) is 0.986. The number of carbonyl (C=O) groups excluding carboxylic acids is 2. The molecule has 4 aromatic heterocycles. The predicted octanol–water partition coefficient (Wildman–Crippen LogP) is 4.98. The molecule has 0 saturated carbocycles. The van der Waals surface area contributed by atoms with Crippen molar-refractivity contribution in [2.24, 2.45) is 12.5 Å². The molecule has 6 heterocycles. The van der Waals surface area contributed by atoms with Crippen molar-refractivity contribution < 1.29 is 14.3 Å². The van der Waals surface area contributed by atoms with Gasteiger partial charge in [-0.25, -0.2) is 9.97 Å². The minimum absolute atomic E-state index is 0.0267. The van der Waals surface area contributed by atoms with Crippen LogP contribution in [0.1, 0.15) is 72.3 Å². The molecule has 11 heteroatoms. The Hall–Kier alpha value is -4.77. The van der Waals surface area contributed by atoms with Gasteiger partial charge in [0.05, 0.1) is 30.9 Å². The van der Waals surface area contributed by atoms with Gasteiger partial charge >= 0.3 is 0 Å². The first-order valence-electron chi connectivity index (χ1n) is 16.8. The van der Waals surface area contributed by atoms with Crippen molar-refractivity contribution in [3.63, 3.8) is 0 Å². The fourth-order valence-electron chi connectivity index (χ4n) is 7.68. The van der Waals surface area contributed by atoms with E-state index in [0.29, 0.717) is 49.1 Å². The van der Waals surface area contributed by atoms with E-state index in [-0.39, 0.29) is 34.9 Å². The number of nitrogens with one attached hydrogen (secondary N) is 1. The number of nitrogens with zero attached hydrogens (tertiary/aromatic N) is 6. The highest BCUT2D eigenvalue weighted by atomic mass is 16.5. The number of pyridine rings is 3. The van der Waals surface area contributed by atoms with Crippen molar-refractivity contribution in [1.82, 2.24) is 24.0 Å². The van der Waals surface area contributed by atoms with E-state index in [4.69, 9.17) is 9.72 Å². The molecule has 0 aromatic carbocycles. The number of morpholine rings is 1. The van der Waals surface area contributed by atoms with Gasteiger partial charge in [0.25, 0.3) is 17.4 Å². The summed E-state index contributed by atoms with van der Waals surface area (Å²) in [7, 11) is 1.72. The Morgan fingerprint density at radius 1 is 1.04 bits per heavy atom. The molecule has 1 N–H and O–H groups in total. The number of aryl methyl sites for hydroxylation is 1. The lowest BCUT2D eigenvalue weighted by Crippen LogP contribution is -2.52. The molecule has 2 atom stereocenters. The third-order valence-electron chi connectivity index (χ3n) is 9.94. The number of fused-ring (bicyclic) bond motifs is 3. The number of rotatable bonds is 6. The standard InChI is InChI=1S/C37H43N7O4/c1-7-27-28(10-11-38-33(27)43-13-12-42-30(36(43)47)15-25-16-37(4,5)17-31(25)42)26-14-29(35(46)41(6)19-26)40-32-9-8-24(18-39-32)34(45)44-22(2)20-48-21-23(44)3/h8-11,14-15,18-19,22-23H,7,12-13,16-17,20-21H2,1-6H3,(H,39,40)/t22-,23+. The van der Waals surface area contributed by atoms with Crippen molar-refractivity contribution in [3.8, 4) is 11.1 Å². The largest absolute Gasteiger partial charge is 0.377 e. The van der Waals surface area contributed by atoms with Crippen molar-refractivity contribution in [2.45, 2.75) is 72.5 Å². The first-order valence-corrected chi connectivity index (χ1v) is 16.8. The van der Waals surface area contributed by atoms with Crippen molar-refractivity contribution in [3.05, 3.63) is 87.4 Å². The van der Waals surface area contributed by atoms with Crippen molar-refractivity contribution in [2.75, 3.05) is 30.0 Å². The number of amides is 2. The van der Waals surface area contributed by atoms with Crippen LogP contribution in [0.2, 0.25) is 0 Å². The SMILES string of the molecule is CCc1c(-c2cc(Nc3ccc(C(=O)N4[C@H](C)COC[C@@H]4C)cn3)c(=O)n(C)c2)ccnc1N1CCn2c(cc3c2CC(C)(C)C3)C1=O. The van der Waals surface area contributed by atoms with Crippen molar-refractivity contribution >= 4 is 29.1 Å². The minimum Gasteiger partial charge on any atom is -0.377 e. The van der Waals surface area contributed by atoms with Gasteiger partial charge in [-0.05, 0) is 80.0 Å². The summed E-state index contributed by atoms with van der Waals surface area (Å²) in [6.07, 6.45) is 7.70. The van der Waals surface area contributed by atoms with Crippen LogP contribution in [0.3, 0.4) is 0 Å². The van der Waals surface area contributed by atoms with Gasteiger partial charge in [-0.3, -0.25) is 19.3 Å². The topological polar surface area (TPSA) is 115 Å². The zero-order chi connectivity index (χ0) is 33.9. The summed E-state index contributed by atoms with van der Waals surface area (Å²) < 4.78 is 9.32. The molecule has 0 radical (unpaired) electrons. The molecular weight excluding hydrogens is 606 g/mol. The zero-order valence-electron chi connectivity index (χ0n) is 28.5. The molecule has 1 saturated heterocycles. The molecule has 3 aliphatic rings. The van der Waals surface area contributed by atoms with Gasteiger partial charge in [-0.15, -0.1) is 0 Å². The Labute approximate surface area is 280 Å². The van der Waals surface area contributed by atoms with Gasteiger partial charge in [-0.1, -0.05) is 20.8 Å². The Morgan fingerprint density at radius 2 is 1.81 bits per heavy atom. The fourth-order valence-corrected chi connectivity index (χ4v) is 7.68. The van der Waals surface area contributed by atoms with Crippen LogP contribution in [0.5, 0.6) is 0 Å². The second-order valence-electron chi connectivity index (χ2n) is 14.2. The van der Waals surface area contributed by atoms with E-state index in [0.717, 1.165) is 41.8 Å². The van der Waals surface area contributed by atoms with Gasteiger partial charge < -0.3 is 24.1 Å². The lowest BCUT2D eigenvalue weighted by molar-refractivity contribution is -0.0249. The Morgan fingerprint density at radius 3 is 2.52 bits per heavy atom. The van der Waals surface area contributed by atoms with Gasteiger partial charge in [0.1, 0.15) is 23.0 Å². The molecule has 2 aliphatic heterocycles. The van der Waals surface area contributed by atoms with Crippen LogP contribution < -0.4 is 15.8 Å². The predicted molar refractivity (Wildman–Crippen MR) is 185 cm³/mol. The first kappa shape index (κ1) is 31.8. The smallest absolute Gasteiger partial charge is 0.276 e. The lowest BCUT2D eigenvalue weighted by atomic mass is 9.90. The summed E-state index contributed by atoms with van der Waals surface area (Å²) >= 11 is 0. The highest BCUT2D eigenvalue weighted by molar-refractivity contribution is 6.06. The minimum atomic E-state index is -0.216. The maximum atomic E-state index is 13.9. The molecule has 250 valence electrons. The molecule has 0 spiro atoms. The number of aromatic nitrogens is 4. The van der Waals surface area contributed by atoms with Crippen LogP contribution in [0.15, 0.2) is 53.7 Å². The van der Waals surface area contributed by atoms with Crippen LogP contribution in [-0.2, 0) is 37.6 Å². The lowest BCUT2D eigenvalue weighted by Gasteiger charge is -2.38. The molecule has 48 heavy (non-hydrogen) atoms. The number of ether oxygens (including phenoxy) is 1. The second-order valence-corrected chi connectivity index (χ2v) is 14.2. The molecule has 11 nitrogen and oxygen atoms in total. The highest BCUT2D eigenvalue weighted by Gasteiger charge is 2.37. The summed E-state index contributed by atoms with van der Waals surface area (Å²) in [6, 6.07) is 9.22. The molecule has 7 rings (SSSR count). The summed E-state index contributed by atoms with van der Waals surface area (Å²) in [4.78, 5) is 53.3. The van der Waals surface area contributed by atoms with Gasteiger partial charge in [0, 0.05) is 55.5 Å². The molecule has 2 amide bonds. The van der Waals surface area contributed by atoms with Crippen LogP contribution in [0, 0.1) is 5.41 Å². The van der Waals surface area contributed by atoms with Crippen LogP contribution >= 0.6 is 0 Å². The zero-order valence-corrected chi connectivity index (χ0v) is 28.5. The maximum Gasteiger partial charge on any atom is 0.276 e. The van der Waals surface area contributed by atoms with Gasteiger partial charge in [-0.2, -0.15) is 0 Å². The van der Waals surface area contributed by atoms with E-state index < -0.39 is 0 Å². The van der Waals surface area contributed by atoms with Crippen molar-refractivity contribution in [1.29, 1.82) is 0 Å². The first-order chi connectivity index (χ1) is 23.0. The Bertz CT molecular complexity index is 1970. The fraction of sp³-hybridized carbons (Fsp3) is 0.432. The van der Waals surface area contributed by atoms with E-state index in [1.54, 1.807) is 37.8 Å². The normalized spacial score (nSPS) is 20.1. The quantitative estimate of drug-likeness (QED) is 0.313. The summed E-state index contributed by atoms with van der Waals surface area (Å²) in [5.41, 5.74) is 6.81. The maximum absolute atomic E-state index is 13.9. The highest BCUT2D eigenvalue weighted by Crippen LogP contribution is 2.40. The third kappa shape index (κ3) is 5.49. The summed E-state index contributed by atoms with van der Waals surface area (Å²) in [5, 5.41) is 3.17. The molecule has 1 aliphatic carbocycles. The molecular formula is C37H43N7O4. The molecule has 0 unspecified atom stereocenters. The van der Waals surface area contributed by atoms with E-state index >= 15 is 0 Å². The van der Waals surface area contributed by atoms with Crippen LogP contribution in [0.4, 0.5) is 17.3 Å². The number of carbonyl (C=O) groups is 2. The van der Waals surface area contributed by atoms with Crippen LogP contribution in [-0.4, -0.2) is 67.7 Å². The van der Waals surface area contributed by atoms with Crippen LogP contribution in [0.25, 0.3) is 11.1 Å². The van der Waals surface area contributed by atoms with Gasteiger partial charge in [0.2, 0.25) is 0 Å². The number of anilines is 3. The van der Waals surface area contributed by atoms with E-state index in [9.17, 15) is 14.4 Å². The Kier molecular flexibility index (Phi) is 7.98.